The molecule has 4 N–H and O–H groups in total. The van der Waals surface area contributed by atoms with Gasteiger partial charge in [-0.15, -0.1) is 0 Å². The molecule has 0 radical (unpaired) electrons. The zero-order valence-electron chi connectivity index (χ0n) is 12.2. The van der Waals surface area contributed by atoms with E-state index in [1.54, 1.807) is 12.3 Å². The number of para-hydroxylation sites is 1. The lowest BCUT2D eigenvalue weighted by Gasteiger charge is -2.18. The zero-order chi connectivity index (χ0) is 15.5. The molecule has 0 amide bonds. The van der Waals surface area contributed by atoms with E-state index in [2.05, 4.69) is 10.9 Å². The first-order valence-electron chi connectivity index (χ1n) is 7.17. The van der Waals surface area contributed by atoms with Gasteiger partial charge < -0.3 is 20.4 Å². The summed E-state index contributed by atoms with van der Waals surface area (Å²) >= 11 is 0. The van der Waals surface area contributed by atoms with Crippen molar-refractivity contribution in [2.45, 2.75) is 19.4 Å². The van der Waals surface area contributed by atoms with Crippen molar-refractivity contribution in [1.82, 2.24) is 10.9 Å². The van der Waals surface area contributed by atoms with Crippen molar-refractivity contribution in [1.29, 1.82) is 0 Å². The van der Waals surface area contributed by atoms with Gasteiger partial charge in [0.2, 0.25) is 0 Å². The van der Waals surface area contributed by atoms with E-state index < -0.39 is 0 Å². The molecule has 0 fully saturated rings. The normalized spacial score (nSPS) is 17.0. The fourth-order valence-electron chi connectivity index (χ4n) is 2.45. The summed E-state index contributed by atoms with van der Waals surface area (Å²) in [5.41, 5.74) is 7.39. The maximum absolute atomic E-state index is 10.1. The molecule has 5 nitrogen and oxygen atoms in total. The molecule has 0 spiro atoms. The van der Waals surface area contributed by atoms with Crippen LogP contribution in [-0.2, 0) is 6.42 Å². The van der Waals surface area contributed by atoms with E-state index in [1.165, 1.54) is 6.07 Å². The maximum Gasteiger partial charge on any atom is 0.144 e. The number of hydrogen-bond acceptors (Lipinski definition) is 5. The Morgan fingerprint density at radius 1 is 1.09 bits per heavy atom. The lowest BCUT2D eigenvalue weighted by Crippen LogP contribution is -2.26. The first-order valence-corrected chi connectivity index (χ1v) is 7.17. The van der Waals surface area contributed by atoms with E-state index in [4.69, 9.17) is 4.74 Å². The van der Waals surface area contributed by atoms with Crippen LogP contribution < -0.4 is 15.6 Å². The molecule has 5 heteroatoms. The zero-order valence-corrected chi connectivity index (χ0v) is 12.2. The summed E-state index contributed by atoms with van der Waals surface area (Å²) in [6.45, 7) is 1.95. The molecule has 3 rings (SSSR count). The summed E-state index contributed by atoms with van der Waals surface area (Å²) < 4.78 is 5.86. The number of rotatable bonds is 4. The number of hydrazine groups is 1. The van der Waals surface area contributed by atoms with Gasteiger partial charge in [0.1, 0.15) is 29.0 Å². The predicted octanol–water partition coefficient (Wildman–Crippen LogP) is 2.73. The predicted molar refractivity (Wildman–Crippen MR) is 83.3 cm³/mol. The topological polar surface area (TPSA) is 73.8 Å². The molecule has 2 aromatic carbocycles. The molecule has 0 aromatic heterocycles. The van der Waals surface area contributed by atoms with Gasteiger partial charge in [0, 0.05) is 11.6 Å². The molecular weight excluding hydrogens is 280 g/mol. The molecular formula is C17H18N2O3. The van der Waals surface area contributed by atoms with Gasteiger partial charge >= 0.3 is 0 Å². The Bertz CT molecular complexity index is 699. The molecule has 114 valence electrons. The van der Waals surface area contributed by atoms with Crippen LogP contribution in [0.3, 0.4) is 0 Å². The first-order chi connectivity index (χ1) is 10.7. The third kappa shape index (κ3) is 2.71. The molecule has 1 atom stereocenters. The highest BCUT2D eigenvalue weighted by Crippen LogP contribution is 2.36. The van der Waals surface area contributed by atoms with Crippen molar-refractivity contribution < 1.29 is 14.9 Å². The molecule has 1 heterocycles. The van der Waals surface area contributed by atoms with Crippen molar-refractivity contribution in [3.8, 4) is 17.2 Å². The van der Waals surface area contributed by atoms with E-state index in [9.17, 15) is 10.2 Å². The Labute approximate surface area is 128 Å². The van der Waals surface area contributed by atoms with Crippen molar-refractivity contribution in [3.05, 3.63) is 65.6 Å². The quantitative estimate of drug-likeness (QED) is 0.698. The van der Waals surface area contributed by atoms with Crippen molar-refractivity contribution >= 4 is 0 Å². The standard InChI is InChI=1S/C17H18N2O3/c1-2-11-8-13(15(21)9-14(11)20)17-16(10-18-19-17)22-12-6-4-3-5-7-12/h3-10,17-21H,2H2,1H3. The number of hydrogen-bond donors (Lipinski definition) is 4. The molecule has 2 aromatic rings. The van der Waals surface area contributed by atoms with Gasteiger partial charge in [0.15, 0.2) is 0 Å². The summed E-state index contributed by atoms with van der Waals surface area (Å²) in [5, 5.41) is 20.0. The number of phenols is 2. The van der Waals surface area contributed by atoms with Gasteiger partial charge in [-0.3, -0.25) is 0 Å². The Morgan fingerprint density at radius 2 is 1.86 bits per heavy atom. The summed E-state index contributed by atoms with van der Waals surface area (Å²) in [4.78, 5) is 0. The van der Waals surface area contributed by atoms with Crippen molar-refractivity contribution in [2.24, 2.45) is 0 Å². The molecule has 1 aliphatic heterocycles. The van der Waals surface area contributed by atoms with Crippen molar-refractivity contribution in [2.75, 3.05) is 0 Å². The van der Waals surface area contributed by atoms with Gasteiger partial charge in [-0.05, 0) is 30.2 Å². The fourth-order valence-corrected chi connectivity index (χ4v) is 2.45. The van der Waals surface area contributed by atoms with E-state index >= 15 is 0 Å². The smallest absolute Gasteiger partial charge is 0.144 e. The highest BCUT2D eigenvalue weighted by atomic mass is 16.5. The van der Waals surface area contributed by atoms with E-state index in [0.717, 1.165) is 11.3 Å². The molecule has 0 aliphatic carbocycles. The Morgan fingerprint density at radius 3 is 2.59 bits per heavy atom. The Hall–Kier alpha value is -2.66. The van der Waals surface area contributed by atoms with Crippen LogP contribution in [0.1, 0.15) is 24.1 Å². The number of benzene rings is 2. The lowest BCUT2D eigenvalue weighted by molar-refractivity contribution is 0.367. The highest BCUT2D eigenvalue weighted by Gasteiger charge is 2.26. The molecule has 0 saturated carbocycles. The number of aryl methyl sites for hydroxylation is 1. The molecule has 0 bridgehead atoms. The average molecular weight is 298 g/mol. The van der Waals surface area contributed by atoms with E-state index in [0.29, 0.717) is 17.7 Å². The van der Waals surface area contributed by atoms with Crippen LogP contribution in [0, 0.1) is 0 Å². The van der Waals surface area contributed by atoms with Gasteiger partial charge in [-0.25, -0.2) is 5.43 Å². The second-order valence-electron chi connectivity index (χ2n) is 5.08. The number of nitrogens with one attached hydrogen (secondary N) is 2. The Kier molecular flexibility index (Phi) is 3.89. The average Bonchev–Trinajstić information content (AvgIpc) is 2.96. The SMILES string of the molecule is CCc1cc(C2NNC=C2Oc2ccccc2)c(O)cc1O. The lowest BCUT2D eigenvalue weighted by atomic mass is 10.00. The van der Waals surface area contributed by atoms with Gasteiger partial charge in [-0.2, -0.15) is 0 Å². The van der Waals surface area contributed by atoms with Crippen LogP contribution in [0.2, 0.25) is 0 Å². The van der Waals surface area contributed by atoms with Crippen LogP contribution in [0.25, 0.3) is 0 Å². The van der Waals surface area contributed by atoms with Crippen LogP contribution >= 0.6 is 0 Å². The summed E-state index contributed by atoms with van der Waals surface area (Å²) in [7, 11) is 0. The number of phenolic OH excluding ortho intramolecular Hbond substituents is 2. The summed E-state index contributed by atoms with van der Waals surface area (Å²) in [6.07, 6.45) is 2.40. The van der Waals surface area contributed by atoms with Crippen LogP contribution in [0.15, 0.2) is 54.4 Å². The molecule has 1 unspecified atom stereocenters. The van der Waals surface area contributed by atoms with Crippen LogP contribution in [0.4, 0.5) is 0 Å². The monoisotopic (exact) mass is 298 g/mol. The summed E-state index contributed by atoms with van der Waals surface area (Å²) in [6, 6.07) is 12.3. The third-order valence-corrected chi connectivity index (χ3v) is 3.63. The van der Waals surface area contributed by atoms with Crippen LogP contribution in [-0.4, -0.2) is 10.2 Å². The van der Waals surface area contributed by atoms with Gasteiger partial charge in [0.05, 0.1) is 6.20 Å². The van der Waals surface area contributed by atoms with E-state index in [1.807, 2.05) is 37.3 Å². The van der Waals surface area contributed by atoms with Gasteiger partial charge in [0.25, 0.3) is 0 Å². The minimum absolute atomic E-state index is 0.0264. The second-order valence-corrected chi connectivity index (χ2v) is 5.08. The number of ether oxygens (including phenoxy) is 1. The van der Waals surface area contributed by atoms with Crippen molar-refractivity contribution in [3.63, 3.8) is 0 Å². The number of aromatic hydroxyl groups is 2. The van der Waals surface area contributed by atoms with Gasteiger partial charge in [-0.1, -0.05) is 25.1 Å². The van der Waals surface area contributed by atoms with E-state index in [-0.39, 0.29) is 17.5 Å². The van der Waals surface area contributed by atoms with Crippen LogP contribution in [0.5, 0.6) is 17.2 Å². The summed E-state index contributed by atoms with van der Waals surface area (Å²) in [5.74, 6) is 1.50. The first kappa shape index (κ1) is 14.3. The maximum atomic E-state index is 10.1. The molecule has 0 saturated heterocycles. The second kappa shape index (κ2) is 5.99. The fraction of sp³-hybridized carbons (Fsp3) is 0.176. The molecule has 22 heavy (non-hydrogen) atoms. The molecule has 1 aliphatic rings. The Balaban J connectivity index is 1.90. The minimum atomic E-state index is -0.328. The highest BCUT2D eigenvalue weighted by molar-refractivity contribution is 5.49. The minimum Gasteiger partial charge on any atom is -0.508 e. The third-order valence-electron chi connectivity index (χ3n) is 3.63. The largest absolute Gasteiger partial charge is 0.508 e.